The topological polar surface area (TPSA) is 15.8 Å². The molecule has 0 fully saturated rings. The van der Waals surface area contributed by atoms with Gasteiger partial charge in [0.05, 0.1) is 0 Å². The Labute approximate surface area is 73.1 Å². The van der Waals surface area contributed by atoms with Gasteiger partial charge in [0.2, 0.25) is 0 Å². The summed E-state index contributed by atoms with van der Waals surface area (Å²) in [5.41, 5.74) is 2.28. The van der Waals surface area contributed by atoms with Crippen LogP contribution in [0.25, 0.3) is 6.08 Å². The molecule has 0 aliphatic heterocycles. The Morgan fingerprint density at radius 2 is 2.42 bits per heavy atom. The molecule has 1 rings (SSSR count). The zero-order valence-corrected chi connectivity index (χ0v) is 7.25. The van der Waals surface area contributed by atoms with E-state index in [0.717, 1.165) is 11.3 Å². The molecular weight excluding hydrogens is 146 g/mol. The summed E-state index contributed by atoms with van der Waals surface area (Å²) in [4.78, 5) is 3.09. The number of hydrogen-bond donors (Lipinski definition) is 1. The first kappa shape index (κ1) is 8.60. The minimum absolute atomic E-state index is 1.11. The van der Waals surface area contributed by atoms with Crippen LogP contribution in [0.4, 0.5) is 0 Å². The lowest BCUT2D eigenvalue weighted by Gasteiger charge is -1.85. The maximum absolute atomic E-state index is 3.67. The van der Waals surface area contributed by atoms with Gasteiger partial charge in [-0.25, -0.2) is 0 Å². The third-order valence-electron chi connectivity index (χ3n) is 1.58. The number of H-pyrrole nitrogens is 1. The van der Waals surface area contributed by atoms with E-state index in [1.165, 1.54) is 0 Å². The van der Waals surface area contributed by atoms with Gasteiger partial charge in [-0.1, -0.05) is 30.4 Å². The fraction of sp³-hybridized carbons (Fsp3) is 0.0909. The summed E-state index contributed by atoms with van der Waals surface area (Å²) in [7, 11) is 0. The van der Waals surface area contributed by atoms with Gasteiger partial charge in [0.1, 0.15) is 0 Å². The van der Waals surface area contributed by atoms with Crippen molar-refractivity contribution in [1.29, 1.82) is 0 Å². The molecule has 0 radical (unpaired) electrons. The van der Waals surface area contributed by atoms with Crippen molar-refractivity contribution in [2.75, 3.05) is 0 Å². The summed E-state index contributed by atoms with van der Waals surface area (Å²) >= 11 is 0. The Balaban J connectivity index is 2.58. The summed E-state index contributed by atoms with van der Waals surface area (Å²) in [6.45, 7) is 5.69. The van der Waals surface area contributed by atoms with Crippen LogP contribution in [0.15, 0.2) is 48.7 Å². The molecule has 1 heteroatoms. The van der Waals surface area contributed by atoms with Gasteiger partial charge in [0.25, 0.3) is 0 Å². The molecule has 1 aromatic rings. The van der Waals surface area contributed by atoms with Crippen LogP contribution in [-0.2, 0) is 0 Å². The van der Waals surface area contributed by atoms with Gasteiger partial charge in [-0.15, -0.1) is 0 Å². The number of hydrogen-bond acceptors (Lipinski definition) is 0. The Kier molecular flexibility index (Phi) is 3.15. The Morgan fingerprint density at radius 3 is 3.00 bits per heavy atom. The second-order valence-corrected chi connectivity index (χ2v) is 2.60. The molecule has 0 aliphatic carbocycles. The van der Waals surface area contributed by atoms with E-state index in [4.69, 9.17) is 0 Å². The van der Waals surface area contributed by atoms with E-state index in [0.29, 0.717) is 0 Å². The Bertz CT molecular complexity index is 289. The van der Waals surface area contributed by atoms with Crippen molar-refractivity contribution in [3.8, 4) is 0 Å². The molecule has 0 atom stereocenters. The normalized spacial score (nSPS) is 12.2. The zero-order chi connectivity index (χ0) is 8.81. The maximum atomic E-state index is 3.67. The number of nitrogens with one attached hydrogen (secondary N) is 1. The van der Waals surface area contributed by atoms with E-state index in [9.17, 15) is 0 Å². The third-order valence-corrected chi connectivity index (χ3v) is 1.58. The van der Waals surface area contributed by atoms with Crippen molar-refractivity contribution >= 4 is 6.08 Å². The molecule has 0 aromatic carbocycles. The molecule has 0 bridgehead atoms. The summed E-state index contributed by atoms with van der Waals surface area (Å²) in [6.07, 6.45) is 9.78. The first-order chi connectivity index (χ1) is 5.83. The van der Waals surface area contributed by atoms with Gasteiger partial charge in [-0.05, 0) is 25.1 Å². The number of rotatable bonds is 3. The van der Waals surface area contributed by atoms with Crippen molar-refractivity contribution in [3.05, 3.63) is 54.4 Å². The van der Waals surface area contributed by atoms with Crippen molar-refractivity contribution in [2.45, 2.75) is 6.92 Å². The van der Waals surface area contributed by atoms with Crippen LogP contribution in [0.1, 0.15) is 12.6 Å². The van der Waals surface area contributed by atoms with Gasteiger partial charge in [0, 0.05) is 11.9 Å². The van der Waals surface area contributed by atoms with Gasteiger partial charge in [-0.3, -0.25) is 0 Å². The van der Waals surface area contributed by atoms with Crippen molar-refractivity contribution < 1.29 is 0 Å². The van der Waals surface area contributed by atoms with Crippen LogP contribution in [0.2, 0.25) is 0 Å². The van der Waals surface area contributed by atoms with Crippen molar-refractivity contribution in [2.24, 2.45) is 0 Å². The molecule has 0 saturated carbocycles. The van der Waals surface area contributed by atoms with Gasteiger partial charge < -0.3 is 4.98 Å². The summed E-state index contributed by atoms with van der Waals surface area (Å²) in [5.74, 6) is 0. The summed E-state index contributed by atoms with van der Waals surface area (Å²) < 4.78 is 0. The fourth-order valence-electron chi connectivity index (χ4n) is 0.820. The minimum atomic E-state index is 1.11. The molecular formula is C11H13N. The molecule has 0 unspecified atom stereocenters. The predicted molar refractivity (Wildman–Crippen MR) is 53.8 cm³/mol. The van der Waals surface area contributed by atoms with Crippen LogP contribution in [-0.4, -0.2) is 4.98 Å². The highest BCUT2D eigenvalue weighted by Gasteiger charge is 1.81. The quantitative estimate of drug-likeness (QED) is 0.652. The molecule has 0 saturated heterocycles. The van der Waals surface area contributed by atoms with Gasteiger partial charge in [-0.2, -0.15) is 0 Å². The second kappa shape index (κ2) is 4.39. The van der Waals surface area contributed by atoms with Crippen LogP contribution < -0.4 is 0 Å². The maximum Gasteiger partial charge on any atom is 0.0380 e. The van der Waals surface area contributed by atoms with E-state index in [-0.39, 0.29) is 0 Å². The Morgan fingerprint density at radius 1 is 1.58 bits per heavy atom. The second-order valence-electron chi connectivity index (χ2n) is 2.60. The van der Waals surface area contributed by atoms with E-state index >= 15 is 0 Å². The molecule has 1 heterocycles. The van der Waals surface area contributed by atoms with Gasteiger partial charge >= 0.3 is 0 Å². The van der Waals surface area contributed by atoms with E-state index < -0.39 is 0 Å². The lowest BCUT2D eigenvalue weighted by Crippen LogP contribution is -1.66. The summed E-state index contributed by atoms with van der Waals surface area (Å²) in [6, 6.07) is 4.00. The van der Waals surface area contributed by atoms with Crippen molar-refractivity contribution in [1.82, 2.24) is 4.98 Å². The molecule has 1 nitrogen and oxygen atoms in total. The largest absolute Gasteiger partial charge is 0.362 e. The first-order valence-electron chi connectivity index (χ1n) is 3.93. The molecule has 62 valence electrons. The number of aromatic amines is 1. The van der Waals surface area contributed by atoms with E-state index in [1.54, 1.807) is 0 Å². The summed E-state index contributed by atoms with van der Waals surface area (Å²) in [5, 5.41) is 0. The molecule has 0 aliphatic rings. The van der Waals surface area contributed by atoms with Crippen LogP contribution >= 0.6 is 0 Å². The lowest BCUT2D eigenvalue weighted by molar-refractivity contribution is 1.38. The highest BCUT2D eigenvalue weighted by atomic mass is 14.7. The van der Waals surface area contributed by atoms with Crippen LogP contribution in [0.3, 0.4) is 0 Å². The predicted octanol–water partition coefficient (Wildman–Crippen LogP) is 3.16. The van der Waals surface area contributed by atoms with Gasteiger partial charge in [0.15, 0.2) is 0 Å². The standard InChI is InChI=1S/C11H13N/c1-3-10(2)6-4-7-11-8-5-9-12-11/h3-9,12H,1H2,2H3/b7-4-,10-6+. The smallest absolute Gasteiger partial charge is 0.0380 e. The molecule has 1 N–H and O–H groups in total. The monoisotopic (exact) mass is 159 g/mol. The molecule has 0 amide bonds. The minimum Gasteiger partial charge on any atom is -0.362 e. The highest BCUT2D eigenvalue weighted by molar-refractivity contribution is 5.47. The van der Waals surface area contributed by atoms with E-state index in [2.05, 4.69) is 11.6 Å². The first-order valence-corrected chi connectivity index (χ1v) is 3.93. The van der Waals surface area contributed by atoms with E-state index in [1.807, 2.05) is 49.6 Å². The SMILES string of the molecule is C=C/C(C)=C/C=C\c1ccc[nH]1. The fourth-order valence-corrected chi connectivity index (χ4v) is 0.820. The molecule has 0 spiro atoms. The zero-order valence-electron chi connectivity index (χ0n) is 7.25. The highest BCUT2D eigenvalue weighted by Crippen LogP contribution is 1.99. The average Bonchev–Trinajstić information content (AvgIpc) is 2.57. The number of aromatic nitrogens is 1. The van der Waals surface area contributed by atoms with Crippen molar-refractivity contribution in [3.63, 3.8) is 0 Å². The molecule has 1 aromatic heterocycles. The lowest BCUT2D eigenvalue weighted by atomic mass is 10.2. The third kappa shape index (κ3) is 2.62. The molecule has 12 heavy (non-hydrogen) atoms. The number of allylic oxidation sites excluding steroid dienone is 4. The van der Waals surface area contributed by atoms with Crippen LogP contribution in [0, 0.1) is 0 Å². The Hall–Kier alpha value is -1.50. The van der Waals surface area contributed by atoms with Crippen LogP contribution in [0.5, 0.6) is 0 Å². The average molecular weight is 159 g/mol.